The Bertz CT molecular complexity index is 454. The molecule has 0 aromatic heterocycles. The summed E-state index contributed by atoms with van der Waals surface area (Å²) >= 11 is 0. The minimum Gasteiger partial charge on any atom is -0.469 e. The number of carbonyl (C=O) groups is 2. The van der Waals surface area contributed by atoms with Crippen molar-refractivity contribution in [3.63, 3.8) is 0 Å². The lowest BCUT2D eigenvalue weighted by Crippen LogP contribution is -2.57. The van der Waals surface area contributed by atoms with Gasteiger partial charge in [-0.3, -0.25) is 14.4 Å². The fourth-order valence-electron chi connectivity index (χ4n) is 4.62. The van der Waals surface area contributed by atoms with Crippen molar-refractivity contribution in [2.75, 3.05) is 14.2 Å². The second-order valence-electron chi connectivity index (χ2n) is 6.65. The van der Waals surface area contributed by atoms with E-state index in [0.717, 1.165) is 44.9 Å². The van der Waals surface area contributed by atoms with Crippen molar-refractivity contribution < 1.29 is 23.9 Å². The zero-order valence-corrected chi connectivity index (χ0v) is 13.4. The van der Waals surface area contributed by atoms with Gasteiger partial charge in [0.15, 0.2) is 0 Å². The van der Waals surface area contributed by atoms with Crippen LogP contribution in [0.15, 0.2) is 0 Å². The summed E-state index contributed by atoms with van der Waals surface area (Å²) in [5.41, 5.74) is -0.300. The van der Waals surface area contributed by atoms with Gasteiger partial charge < -0.3 is 9.47 Å². The van der Waals surface area contributed by atoms with Gasteiger partial charge in [0.1, 0.15) is 5.92 Å². The Morgan fingerprint density at radius 1 is 1.14 bits per heavy atom. The normalized spacial score (nSPS) is 38.0. The number of esters is 2. The highest BCUT2D eigenvalue weighted by molar-refractivity contribution is 5.75. The predicted octanol–water partition coefficient (Wildman–Crippen LogP) is 1.82. The monoisotopic (exact) mass is 311 g/mol. The average Bonchev–Trinajstić information content (AvgIpc) is 2.73. The Hall–Kier alpha value is -1.14. The number of ether oxygens (including phenoxy) is 2. The number of hydrogen-bond acceptors (Lipinski definition) is 6. The Morgan fingerprint density at radius 3 is 2.64 bits per heavy atom. The summed E-state index contributed by atoms with van der Waals surface area (Å²) in [6.07, 6.45) is 7.01. The highest BCUT2D eigenvalue weighted by Gasteiger charge is 2.62. The molecular weight excluding hydrogens is 286 g/mol. The highest BCUT2D eigenvalue weighted by Crippen LogP contribution is 2.52. The van der Waals surface area contributed by atoms with Crippen LogP contribution >= 0.6 is 0 Å². The van der Waals surface area contributed by atoms with Crippen molar-refractivity contribution in [3.05, 3.63) is 0 Å². The first-order chi connectivity index (χ1) is 10.6. The van der Waals surface area contributed by atoms with E-state index in [1.165, 1.54) is 14.2 Å². The fraction of sp³-hybridized carbons (Fsp3) is 0.875. The summed E-state index contributed by atoms with van der Waals surface area (Å²) in [7, 11) is 2.86. The van der Waals surface area contributed by atoms with Gasteiger partial charge in [-0.25, -0.2) is 0 Å². The molecule has 2 saturated heterocycles. The third kappa shape index (κ3) is 2.42. The smallest absolute Gasteiger partial charge is 0.313 e. The minimum atomic E-state index is -0.300. The molecule has 2 heterocycles. The number of hydroxylamine groups is 2. The number of nitrogens with zero attached hydrogens (tertiary/aromatic N) is 1. The second kappa shape index (κ2) is 6.16. The van der Waals surface area contributed by atoms with E-state index in [2.05, 4.69) is 0 Å². The van der Waals surface area contributed by atoms with Crippen LogP contribution in [-0.2, 0) is 23.9 Å². The molecular formula is C16H25NO5. The Kier molecular flexibility index (Phi) is 4.41. The lowest BCUT2D eigenvalue weighted by molar-refractivity contribution is -0.236. The lowest BCUT2D eigenvalue weighted by atomic mass is 9.72. The van der Waals surface area contributed by atoms with Crippen molar-refractivity contribution >= 4 is 11.9 Å². The SMILES string of the molecule is COC(=O)C[C@@H]1CCC[C@]23CCCC[C@@H](ON12)C3C(=O)OC. The molecule has 1 spiro atoms. The van der Waals surface area contributed by atoms with Gasteiger partial charge in [0.05, 0.1) is 32.3 Å². The summed E-state index contributed by atoms with van der Waals surface area (Å²) in [4.78, 5) is 30.3. The lowest BCUT2D eigenvalue weighted by Gasteiger charge is -2.46. The quantitative estimate of drug-likeness (QED) is 0.741. The van der Waals surface area contributed by atoms with Crippen LogP contribution in [0.5, 0.6) is 0 Å². The van der Waals surface area contributed by atoms with Crippen LogP contribution in [0.3, 0.4) is 0 Å². The van der Waals surface area contributed by atoms with Gasteiger partial charge in [0, 0.05) is 6.04 Å². The molecule has 0 aromatic rings. The van der Waals surface area contributed by atoms with Crippen LogP contribution in [0.2, 0.25) is 0 Å². The molecule has 3 fully saturated rings. The first kappa shape index (κ1) is 15.7. The van der Waals surface area contributed by atoms with Crippen molar-refractivity contribution in [3.8, 4) is 0 Å². The van der Waals surface area contributed by atoms with Crippen molar-refractivity contribution in [1.82, 2.24) is 5.06 Å². The minimum absolute atomic E-state index is 0.00328. The van der Waals surface area contributed by atoms with Crippen LogP contribution in [-0.4, -0.2) is 48.9 Å². The molecule has 3 rings (SSSR count). The van der Waals surface area contributed by atoms with Gasteiger partial charge in [-0.05, 0) is 32.1 Å². The largest absolute Gasteiger partial charge is 0.469 e. The first-order valence-corrected chi connectivity index (χ1v) is 8.23. The van der Waals surface area contributed by atoms with Crippen LogP contribution in [0, 0.1) is 5.92 Å². The van der Waals surface area contributed by atoms with E-state index in [9.17, 15) is 9.59 Å². The molecule has 6 heteroatoms. The molecule has 0 radical (unpaired) electrons. The Morgan fingerprint density at radius 2 is 1.91 bits per heavy atom. The fourth-order valence-corrected chi connectivity index (χ4v) is 4.62. The third-order valence-corrected chi connectivity index (χ3v) is 5.55. The molecule has 22 heavy (non-hydrogen) atoms. The summed E-state index contributed by atoms with van der Waals surface area (Å²) in [5.74, 6) is -0.631. The number of methoxy groups -OCH3 is 2. The second-order valence-corrected chi connectivity index (χ2v) is 6.65. The molecule has 0 amide bonds. The number of carbonyl (C=O) groups excluding carboxylic acids is 2. The average molecular weight is 311 g/mol. The third-order valence-electron chi connectivity index (χ3n) is 5.55. The van der Waals surface area contributed by atoms with Gasteiger partial charge in [-0.2, -0.15) is 5.06 Å². The maximum absolute atomic E-state index is 12.4. The van der Waals surface area contributed by atoms with Crippen molar-refractivity contribution in [2.24, 2.45) is 5.92 Å². The number of fused-ring (bicyclic) bond motifs is 1. The van der Waals surface area contributed by atoms with Gasteiger partial charge in [0.2, 0.25) is 0 Å². The van der Waals surface area contributed by atoms with Crippen LogP contribution < -0.4 is 0 Å². The molecule has 3 aliphatic rings. The number of piperidine rings is 1. The van der Waals surface area contributed by atoms with E-state index in [4.69, 9.17) is 14.3 Å². The van der Waals surface area contributed by atoms with Crippen molar-refractivity contribution in [1.29, 1.82) is 0 Å². The topological polar surface area (TPSA) is 65.1 Å². The highest BCUT2D eigenvalue weighted by atomic mass is 16.7. The van der Waals surface area contributed by atoms with E-state index < -0.39 is 0 Å². The zero-order chi connectivity index (χ0) is 15.7. The number of hydrogen-bond donors (Lipinski definition) is 0. The Balaban J connectivity index is 1.90. The molecule has 2 aliphatic heterocycles. The van der Waals surface area contributed by atoms with E-state index in [-0.39, 0.29) is 35.5 Å². The maximum Gasteiger partial charge on any atom is 0.313 e. The Labute approximate surface area is 131 Å². The van der Waals surface area contributed by atoms with Crippen LogP contribution in [0.25, 0.3) is 0 Å². The zero-order valence-electron chi connectivity index (χ0n) is 13.4. The molecule has 0 aromatic carbocycles. The summed E-state index contributed by atoms with van der Waals surface area (Å²) in [6, 6.07) is -0.00328. The summed E-state index contributed by atoms with van der Waals surface area (Å²) in [6.45, 7) is 0. The predicted molar refractivity (Wildman–Crippen MR) is 77.7 cm³/mol. The molecule has 6 nitrogen and oxygen atoms in total. The van der Waals surface area contributed by atoms with Gasteiger partial charge in [-0.1, -0.05) is 12.8 Å². The summed E-state index contributed by atoms with van der Waals surface area (Å²) < 4.78 is 9.89. The molecule has 4 atom stereocenters. The molecule has 124 valence electrons. The van der Waals surface area contributed by atoms with Crippen molar-refractivity contribution in [2.45, 2.75) is 69.1 Å². The van der Waals surface area contributed by atoms with E-state index in [0.29, 0.717) is 6.42 Å². The van der Waals surface area contributed by atoms with Gasteiger partial charge >= 0.3 is 11.9 Å². The number of rotatable bonds is 3. The van der Waals surface area contributed by atoms with E-state index in [1.807, 2.05) is 5.06 Å². The maximum atomic E-state index is 12.4. The summed E-state index contributed by atoms with van der Waals surface area (Å²) in [5, 5.41) is 1.98. The van der Waals surface area contributed by atoms with Crippen LogP contribution in [0.1, 0.15) is 51.4 Å². The molecule has 1 unspecified atom stereocenters. The molecule has 0 N–H and O–H groups in total. The molecule has 1 saturated carbocycles. The van der Waals surface area contributed by atoms with E-state index in [1.54, 1.807) is 0 Å². The molecule has 2 bridgehead atoms. The first-order valence-electron chi connectivity index (χ1n) is 8.23. The van der Waals surface area contributed by atoms with Gasteiger partial charge in [0.25, 0.3) is 0 Å². The van der Waals surface area contributed by atoms with Gasteiger partial charge in [-0.15, -0.1) is 0 Å². The van der Waals surface area contributed by atoms with Crippen LogP contribution in [0.4, 0.5) is 0 Å². The standard InChI is InChI=1S/C16H25NO5/c1-20-13(18)10-11-6-5-9-16-8-4-3-7-12(22-17(11)16)14(16)15(19)21-2/h11-12,14H,3-10H2,1-2H3/t11-,12+,14?,16-/m0/s1. The molecule has 1 aliphatic carbocycles. The van der Waals surface area contributed by atoms with E-state index >= 15 is 0 Å².